The zero-order chi connectivity index (χ0) is 10.9. The van der Waals surface area contributed by atoms with Crippen LogP contribution in [-0.4, -0.2) is 47.2 Å². The number of hydrogen-bond donors (Lipinski definition) is 2. The topological polar surface area (TPSA) is 52.6 Å². The van der Waals surface area contributed by atoms with Gasteiger partial charge in [0.1, 0.15) is 0 Å². The number of nitrogens with zero attached hydrogens (tertiary/aromatic N) is 1. The minimum atomic E-state index is -0.189. The van der Waals surface area contributed by atoms with Gasteiger partial charge in [-0.2, -0.15) is 0 Å². The summed E-state index contributed by atoms with van der Waals surface area (Å²) in [5.74, 6) is 0.189. The van der Waals surface area contributed by atoms with Crippen LogP contribution in [-0.2, 0) is 4.79 Å². The standard InChI is InChI=1S/C11H20N2O2/c1-2-12-9-4-3-7-13(10(9)15)11(8-14)5-6-11/h9,12,14H,2-8H2,1H3. The maximum absolute atomic E-state index is 12.1. The van der Waals surface area contributed by atoms with E-state index in [-0.39, 0.29) is 24.1 Å². The van der Waals surface area contributed by atoms with Crippen LogP contribution in [0.25, 0.3) is 0 Å². The number of carbonyl (C=O) groups is 1. The molecule has 15 heavy (non-hydrogen) atoms. The van der Waals surface area contributed by atoms with Crippen LogP contribution in [0, 0.1) is 0 Å². The molecule has 2 fully saturated rings. The van der Waals surface area contributed by atoms with Gasteiger partial charge in [0.15, 0.2) is 0 Å². The van der Waals surface area contributed by atoms with E-state index in [2.05, 4.69) is 5.32 Å². The van der Waals surface area contributed by atoms with Crippen LogP contribution in [0.3, 0.4) is 0 Å². The fourth-order valence-electron chi connectivity index (χ4n) is 2.44. The van der Waals surface area contributed by atoms with Crippen molar-refractivity contribution in [3.05, 3.63) is 0 Å². The van der Waals surface area contributed by atoms with Gasteiger partial charge in [0.25, 0.3) is 0 Å². The van der Waals surface area contributed by atoms with E-state index in [1.54, 1.807) is 0 Å². The number of nitrogens with one attached hydrogen (secondary N) is 1. The maximum Gasteiger partial charge on any atom is 0.240 e. The number of hydrogen-bond acceptors (Lipinski definition) is 3. The summed E-state index contributed by atoms with van der Waals surface area (Å²) in [4.78, 5) is 14.0. The molecule has 2 N–H and O–H groups in total. The number of aliphatic hydroxyl groups is 1. The van der Waals surface area contributed by atoms with Gasteiger partial charge in [0.05, 0.1) is 18.2 Å². The molecule has 4 nitrogen and oxygen atoms in total. The Morgan fingerprint density at radius 1 is 1.60 bits per heavy atom. The third kappa shape index (κ3) is 1.88. The molecule has 0 aromatic heterocycles. The molecule has 1 amide bonds. The van der Waals surface area contributed by atoms with E-state index in [4.69, 9.17) is 0 Å². The zero-order valence-corrected chi connectivity index (χ0v) is 9.33. The zero-order valence-electron chi connectivity index (χ0n) is 9.33. The summed E-state index contributed by atoms with van der Waals surface area (Å²) in [7, 11) is 0. The van der Waals surface area contributed by atoms with Crippen LogP contribution in [0.1, 0.15) is 32.6 Å². The van der Waals surface area contributed by atoms with Crippen LogP contribution < -0.4 is 5.32 Å². The molecular formula is C11H20N2O2. The van der Waals surface area contributed by atoms with E-state index in [9.17, 15) is 9.90 Å². The molecule has 1 unspecified atom stereocenters. The summed E-state index contributed by atoms with van der Waals surface area (Å²) in [6.45, 7) is 3.79. The smallest absolute Gasteiger partial charge is 0.240 e. The number of carbonyl (C=O) groups excluding carboxylic acids is 1. The molecule has 2 rings (SSSR count). The molecular weight excluding hydrogens is 192 g/mol. The van der Waals surface area contributed by atoms with Crippen LogP contribution in [0.2, 0.25) is 0 Å². The van der Waals surface area contributed by atoms with Gasteiger partial charge in [-0.25, -0.2) is 0 Å². The van der Waals surface area contributed by atoms with Crippen molar-refractivity contribution >= 4 is 5.91 Å². The molecule has 1 saturated carbocycles. The highest BCUT2D eigenvalue weighted by Crippen LogP contribution is 2.42. The Morgan fingerprint density at radius 3 is 2.87 bits per heavy atom. The molecule has 1 aliphatic carbocycles. The van der Waals surface area contributed by atoms with Gasteiger partial charge >= 0.3 is 0 Å². The van der Waals surface area contributed by atoms with Gasteiger partial charge in [-0.3, -0.25) is 4.79 Å². The lowest BCUT2D eigenvalue weighted by Crippen LogP contribution is -2.56. The van der Waals surface area contributed by atoms with E-state index >= 15 is 0 Å². The SMILES string of the molecule is CCNC1CCCN(C2(CO)CC2)C1=O. The lowest BCUT2D eigenvalue weighted by atomic mass is 10.0. The average molecular weight is 212 g/mol. The summed E-state index contributed by atoms with van der Waals surface area (Å²) in [5, 5.41) is 12.5. The lowest BCUT2D eigenvalue weighted by Gasteiger charge is -2.38. The Hall–Kier alpha value is -0.610. The Morgan fingerprint density at radius 2 is 2.33 bits per heavy atom. The summed E-state index contributed by atoms with van der Waals surface area (Å²) >= 11 is 0. The molecule has 4 heteroatoms. The van der Waals surface area contributed by atoms with Crippen molar-refractivity contribution < 1.29 is 9.90 Å². The van der Waals surface area contributed by atoms with Gasteiger partial charge in [-0.05, 0) is 32.2 Å². The number of rotatable bonds is 4. The lowest BCUT2D eigenvalue weighted by molar-refractivity contribution is -0.140. The molecule has 1 atom stereocenters. The van der Waals surface area contributed by atoms with Crippen LogP contribution in [0.4, 0.5) is 0 Å². The molecule has 0 bridgehead atoms. The third-order valence-corrected chi connectivity index (χ3v) is 3.58. The minimum Gasteiger partial charge on any atom is -0.394 e. The molecule has 0 aromatic carbocycles. The normalized spacial score (nSPS) is 29.3. The first-order valence-corrected chi connectivity index (χ1v) is 5.89. The molecule has 1 aliphatic heterocycles. The van der Waals surface area contributed by atoms with Gasteiger partial charge in [0, 0.05) is 6.54 Å². The minimum absolute atomic E-state index is 0.0206. The summed E-state index contributed by atoms with van der Waals surface area (Å²) < 4.78 is 0. The first-order chi connectivity index (χ1) is 7.23. The molecule has 2 aliphatic rings. The van der Waals surface area contributed by atoms with Crippen molar-refractivity contribution in [3.8, 4) is 0 Å². The number of aliphatic hydroxyl groups excluding tert-OH is 1. The van der Waals surface area contributed by atoms with E-state index in [1.165, 1.54) is 0 Å². The third-order valence-electron chi connectivity index (χ3n) is 3.58. The molecule has 0 spiro atoms. The Bertz CT molecular complexity index is 249. The van der Waals surface area contributed by atoms with Crippen molar-refractivity contribution in [1.29, 1.82) is 0 Å². The first kappa shape index (κ1) is 10.9. The van der Waals surface area contributed by atoms with Crippen LogP contribution in [0.15, 0.2) is 0 Å². The van der Waals surface area contributed by atoms with Crippen molar-refractivity contribution in [2.75, 3.05) is 19.7 Å². The van der Waals surface area contributed by atoms with Gasteiger partial charge in [-0.1, -0.05) is 6.92 Å². The Labute approximate surface area is 90.6 Å². The maximum atomic E-state index is 12.1. The number of piperidine rings is 1. The second-order valence-corrected chi connectivity index (χ2v) is 4.62. The second kappa shape index (κ2) is 4.10. The number of amides is 1. The van der Waals surface area contributed by atoms with Crippen molar-refractivity contribution in [1.82, 2.24) is 10.2 Å². The first-order valence-electron chi connectivity index (χ1n) is 5.89. The average Bonchev–Trinajstić information content (AvgIpc) is 3.02. The van der Waals surface area contributed by atoms with Gasteiger partial charge in [-0.15, -0.1) is 0 Å². The quantitative estimate of drug-likeness (QED) is 0.695. The van der Waals surface area contributed by atoms with Gasteiger partial charge < -0.3 is 15.3 Å². The monoisotopic (exact) mass is 212 g/mol. The summed E-state index contributed by atoms with van der Waals surface area (Å²) in [6.07, 6.45) is 3.91. The van der Waals surface area contributed by atoms with Crippen molar-refractivity contribution in [2.45, 2.75) is 44.2 Å². The van der Waals surface area contributed by atoms with Crippen LogP contribution >= 0.6 is 0 Å². The fraction of sp³-hybridized carbons (Fsp3) is 0.909. The van der Waals surface area contributed by atoms with E-state index in [1.807, 2.05) is 11.8 Å². The molecule has 0 aromatic rings. The summed E-state index contributed by atoms with van der Waals surface area (Å²) in [5.41, 5.74) is -0.189. The van der Waals surface area contributed by atoms with Crippen molar-refractivity contribution in [2.24, 2.45) is 0 Å². The Kier molecular flexibility index (Phi) is 2.98. The fourth-order valence-corrected chi connectivity index (χ4v) is 2.44. The van der Waals surface area contributed by atoms with E-state index in [0.717, 1.165) is 38.8 Å². The van der Waals surface area contributed by atoms with Crippen molar-refractivity contribution in [3.63, 3.8) is 0 Å². The number of likely N-dealkylation sites (tertiary alicyclic amines) is 1. The highest BCUT2D eigenvalue weighted by Gasteiger charge is 2.51. The highest BCUT2D eigenvalue weighted by atomic mass is 16.3. The molecule has 1 saturated heterocycles. The highest BCUT2D eigenvalue weighted by molar-refractivity contribution is 5.83. The van der Waals surface area contributed by atoms with E-state index in [0.29, 0.717) is 0 Å². The van der Waals surface area contributed by atoms with Gasteiger partial charge in [0.2, 0.25) is 5.91 Å². The van der Waals surface area contributed by atoms with E-state index < -0.39 is 0 Å². The predicted octanol–water partition coefficient (Wildman–Crippen LogP) is 0.112. The largest absolute Gasteiger partial charge is 0.394 e. The molecule has 86 valence electrons. The molecule has 0 radical (unpaired) electrons. The number of likely N-dealkylation sites (N-methyl/N-ethyl adjacent to an activating group) is 1. The second-order valence-electron chi connectivity index (χ2n) is 4.62. The van der Waals surface area contributed by atoms with Crippen LogP contribution in [0.5, 0.6) is 0 Å². The molecule has 1 heterocycles. The Balaban J connectivity index is 2.03. The predicted molar refractivity (Wildman–Crippen MR) is 57.5 cm³/mol. The summed E-state index contributed by atoms with van der Waals surface area (Å²) in [6, 6.07) is -0.0206.